The summed E-state index contributed by atoms with van der Waals surface area (Å²) in [7, 11) is 1.62. The van der Waals surface area contributed by atoms with Gasteiger partial charge in [-0.2, -0.15) is 0 Å². The van der Waals surface area contributed by atoms with Crippen molar-refractivity contribution in [2.75, 3.05) is 13.1 Å². The van der Waals surface area contributed by atoms with E-state index in [1.165, 1.54) is 4.57 Å². The highest BCUT2D eigenvalue weighted by Gasteiger charge is 2.38. The largest absolute Gasteiger partial charge is 0.419 e. The molecule has 1 amide bonds. The van der Waals surface area contributed by atoms with Crippen molar-refractivity contribution < 1.29 is 13.9 Å². The van der Waals surface area contributed by atoms with Crippen molar-refractivity contribution >= 4 is 17.0 Å². The number of likely N-dealkylation sites (tertiary alicyclic amines) is 1. The molecule has 0 unspecified atom stereocenters. The molecular weight excluding hydrogens is 338 g/mol. The minimum Gasteiger partial charge on any atom is -0.408 e. The maximum atomic E-state index is 12.9. The third kappa shape index (κ3) is 2.20. The van der Waals surface area contributed by atoms with Crippen LogP contribution in [0.4, 0.5) is 0 Å². The predicted molar refractivity (Wildman–Crippen MR) is 89.6 cm³/mol. The molecule has 26 heavy (non-hydrogen) atoms. The Morgan fingerprint density at radius 1 is 1.35 bits per heavy atom. The van der Waals surface area contributed by atoms with Gasteiger partial charge in [-0.05, 0) is 24.6 Å². The summed E-state index contributed by atoms with van der Waals surface area (Å²) in [5, 5.41) is 8.11. The Morgan fingerprint density at radius 2 is 2.23 bits per heavy atom. The van der Waals surface area contributed by atoms with E-state index in [0.717, 1.165) is 12.1 Å². The average molecular weight is 355 g/mol. The third-order valence-corrected chi connectivity index (χ3v) is 5.26. The molecule has 2 atom stereocenters. The zero-order valence-electron chi connectivity index (χ0n) is 14.2. The molecule has 0 bridgehead atoms. The molecule has 0 aliphatic carbocycles. The number of carbonyl (C=O) groups excluding carboxylic acids is 1. The second-order valence-electron chi connectivity index (χ2n) is 6.74. The van der Waals surface area contributed by atoms with Gasteiger partial charge in [0.15, 0.2) is 5.58 Å². The number of nitrogens with zero attached hydrogens (tertiary/aromatic N) is 5. The number of hydrogen-bond donors (Lipinski definition) is 0. The van der Waals surface area contributed by atoms with Gasteiger partial charge in [-0.15, -0.1) is 5.10 Å². The molecule has 2 aliphatic rings. The van der Waals surface area contributed by atoms with Crippen molar-refractivity contribution in [3.05, 3.63) is 46.2 Å². The van der Waals surface area contributed by atoms with E-state index in [-0.39, 0.29) is 18.1 Å². The minimum absolute atomic E-state index is 0.0769. The summed E-state index contributed by atoms with van der Waals surface area (Å²) in [4.78, 5) is 26.4. The maximum absolute atomic E-state index is 12.9. The Bertz CT molecular complexity index is 1060. The molecule has 9 heteroatoms. The fourth-order valence-corrected chi connectivity index (χ4v) is 3.81. The highest BCUT2D eigenvalue weighted by atomic mass is 16.5. The lowest BCUT2D eigenvalue weighted by atomic mass is 9.99. The summed E-state index contributed by atoms with van der Waals surface area (Å²) in [5.74, 6) is -0.517. The van der Waals surface area contributed by atoms with Gasteiger partial charge < -0.3 is 14.1 Å². The van der Waals surface area contributed by atoms with E-state index in [2.05, 4.69) is 10.3 Å². The number of piperidine rings is 1. The molecule has 0 spiro atoms. The van der Waals surface area contributed by atoms with E-state index >= 15 is 0 Å². The SMILES string of the molecule is Cn1c(=O)oc2ccc(C(=O)N3CC[C@H]4[C@H](C3)OCc3cnnn34)cc21. The molecule has 4 heterocycles. The molecule has 134 valence electrons. The molecule has 1 saturated heterocycles. The van der Waals surface area contributed by atoms with Crippen molar-refractivity contribution in [3.63, 3.8) is 0 Å². The van der Waals surface area contributed by atoms with Gasteiger partial charge >= 0.3 is 5.76 Å². The van der Waals surface area contributed by atoms with Gasteiger partial charge in [0.05, 0.1) is 36.2 Å². The van der Waals surface area contributed by atoms with Crippen LogP contribution in [0.1, 0.15) is 28.5 Å². The number of ether oxygens (including phenoxy) is 1. The van der Waals surface area contributed by atoms with Crippen LogP contribution in [0.3, 0.4) is 0 Å². The van der Waals surface area contributed by atoms with Gasteiger partial charge in [0, 0.05) is 25.7 Å². The van der Waals surface area contributed by atoms with Crippen molar-refractivity contribution in [1.29, 1.82) is 0 Å². The highest BCUT2D eigenvalue weighted by Crippen LogP contribution is 2.31. The second kappa shape index (κ2) is 5.53. The second-order valence-corrected chi connectivity index (χ2v) is 6.74. The lowest BCUT2D eigenvalue weighted by molar-refractivity contribution is -0.0627. The number of aryl methyl sites for hydroxylation is 1. The first-order chi connectivity index (χ1) is 12.6. The first-order valence-electron chi connectivity index (χ1n) is 8.51. The Kier molecular flexibility index (Phi) is 3.26. The van der Waals surface area contributed by atoms with Gasteiger partial charge in [-0.1, -0.05) is 5.21 Å². The van der Waals surface area contributed by atoms with Crippen molar-refractivity contribution in [1.82, 2.24) is 24.5 Å². The molecule has 5 rings (SSSR count). The molecule has 3 aromatic rings. The fourth-order valence-electron chi connectivity index (χ4n) is 3.81. The molecule has 2 aromatic heterocycles. The summed E-state index contributed by atoms with van der Waals surface area (Å²) in [6.07, 6.45) is 2.39. The summed E-state index contributed by atoms with van der Waals surface area (Å²) >= 11 is 0. The standard InChI is InChI=1S/C17H17N5O4/c1-20-13-6-10(2-3-14(13)26-17(20)24)16(23)21-5-4-12-15(8-21)25-9-11-7-18-19-22(11)12/h2-3,6-7,12,15H,4-5,8-9H2,1H3/t12-,15-/m0/s1. The fraction of sp³-hybridized carbons (Fsp3) is 0.412. The van der Waals surface area contributed by atoms with E-state index in [9.17, 15) is 9.59 Å². The quantitative estimate of drug-likeness (QED) is 0.638. The van der Waals surface area contributed by atoms with Gasteiger partial charge in [0.25, 0.3) is 5.91 Å². The lowest BCUT2D eigenvalue weighted by Gasteiger charge is -2.41. The minimum atomic E-state index is -0.440. The molecular formula is C17H17N5O4. The number of fused-ring (bicyclic) bond motifs is 4. The molecule has 0 N–H and O–H groups in total. The average Bonchev–Trinajstić information content (AvgIpc) is 3.25. The summed E-state index contributed by atoms with van der Waals surface area (Å²) in [6.45, 7) is 1.58. The Morgan fingerprint density at radius 3 is 3.12 bits per heavy atom. The number of oxazole rings is 1. The van der Waals surface area contributed by atoms with Gasteiger partial charge in [-0.3, -0.25) is 9.36 Å². The van der Waals surface area contributed by atoms with Gasteiger partial charge in [0.2, 0.25) is 0 Å². The topological polar surface area (TPSA) is 95.4 Å². The highest BCUT2D eigenvalue weighted by molar-refractivity contribution is 5.97. The van der Waals surface area contributed by atoms with Gasteiger partial charge in [-0.25, -0.2) is 9.48 Å². The van der Waals surface area contributed by atoms with Crippen LogP contribution in [0.25, 0.3) is 11.1 Å². The first-order valence-corrected chi connectivity index (χ1v) is 8.51. The molecule has 0 radical (unpaired) electrons. The normalized spacial score (nSPS) is 22.3. The lowest BCUT2D eigenvalue weighted by Crippen LogP contribution is -2.50. The van der Waals surface area contributed by atoms with Crippen LogP contribution in [0.5, 0.6) is 0 Å². The summed E-state index contributed by atoms with van der Waals surface area (Å²) in [6, 6.07) is 5.17. The van der Waals surface area contributed by atoms with Crippen LogP contribution in [0.2, 0.25) is 0 Å². The van der Waals surface area contributed by atoms with E-state index in [0.29, 0.717) is 36.4 Å². The van der Waals surface area contributed by atoms with Crippen molar-refractivity contribution in [3.8, 4) is 0 Å². The van der Waals surface area contributed by atoms with Crippen molar-refractivity contribution in [2.45, 2.75) is 25.2 Å². The van der Waals surface area contributed by atoms with Crippen LogP contribution in [-0.2, 0) is 18.4 Å². The van der Waals surface area contributed by atoms with Crippen LogP contribution in [-0.4, -0.2) is 49.6 Å². The zero-order valence-corrected chi connectivity index (χ0v) is 14.2. The Hall–Kier alpha value is -2.94. The van der Waals surface area contributed by atoms with Gasteiger partial charge in [0.1, 0.15) is 0 Å². The van der Waals surface area contributed by atoms with Crippen molar-refractivity contribution in [2.24, 2.45) is 7.05 Å². The molecule has 1 aromatic carbocycles. The van der Waals surface area contributed by atoms with E-state index in [4.69, 9.17) is 9.15 Å². The van der Waals surface area contributed by atoms with E-state index < -0.39 is 5.76 Å². The number of amides is 1. The predicted octanol–water partition coefficient (Wildman–Crippen LogP) is 0.709. The number of benzene rings is 1. The van der Waals surface area contributed by atoms with Crippen LogP contribution in [0, 0.1) is 0 Å². The molecule has 1 fully saturated rings. The molecule has 0 saturated carbocycles. The van der Waals surface area contributed by atoms with E-state index in [1.807, 2.05) is 4.68 Å². The monoisotopic (exact) mass is 355 g/mol. The van der Waals surface area contributed by atoms with Crippen LogP contribution < -0.4 is 5.76 Å². The number of hydrogen-bond acceptors (Lipinski definition) is 6. The summed E-state index contributed by atoms with van der Waals surface area (Å²) in [5.41, 5.74) is 2.58. The smallest absolute Gasteiger partial charge is 0.408 e. The zero-order chi connectivity index (χ0) is 17.8. The van der Waals surface area contributed by atoms with E-state index in [1.54, 1.807) is 36.3 Å². The Labute approximate surface area is 147 Å². The van der Waals surface area contributed by atoms with Crippen LogP contribution >= 0.6 is 0 Å². The third-order valence-electron chi connectivity index (χ3n) is 5.26. The first kappa shape index (κ1) is 15.3. The molecule has 2 aliphatic heterocycles. The number of carbonyl (C=O) groups is 1. The number of rotatable bonds is 1. The van der Waals surface area contributed by atoms with Crippen LogP contribution in [0.15, 0.2) is 33.6 Å². The number of aromatic nitrogens is 4. The summed E-state index contributed by atoms with van der Waals surface area (Å²) < 4.78 is 14.4. The Balaban J connectivity index is 1.40. The maximum Gasteiger partial charge on any atom is 0.419 e. The molecule has 9 nitrogen and oxygen atoms in total.